The van der Waals surface area contributed by atoms with E-state index >= 15 is 0 Å². The van der Waals surface area contributed by atoms with Gasteiger partial charge in [0.2, 0.25) is 0 Å². The van der Waals surface area contributed by atoms with Crippen molar-refractivity contribution in [3.8, 4) is 0 Å². The second kappa shape index (κ2) is 13.3. The molecule has 0 aromatic heterocycles. The number of guanidine groups is 1. The Bertz CT molecular complexity index is 578. The maximum atomic E-state index is 13.0. The number of nitrogens with zero attached hydrogens (tertiary/aromatic N) is 1. The molecule has 0 aliphatic heterocycles. The summed E-state index contributed by atoms with van der Waals surface area (Å²) in [5.74, 6) is 0.407. The Labute approximate surface area is 185 Å². The number of benzene rings is 1. The predicted molar refractivity (Wildman–Crippen MR) is 123 cm³/mol. The zero-order chi connectivity index (χ0) is 19.5. The molecular weight excluding hydrogens is 472 g/mol. The van der Waals surface area contributed by atoms with Crippen LogP contribution in [-0.4, -0.2) is 43.9 Å². The Morgan fingerprint density at radius 2 is 1.89 bits per heavy atom. The van der Waals surface area contributed by atoms with Crippen LogP contribution in [0.15, 0.2) is 29.3 Å². The second-order valence-corrected chi connectivity index (χ2v) is 7.30. The van der Waals surface area contributed by atoms with Crippen molar-refractivity contribution >= 4 is 29.9 Å². The fourth-order valence-corrected chi connectivity index (χ4v) is 3.63. The van der Waals surface area contributed by atoms with Crippen molar-refractivity contribution in [2.45, 2.75) is 52.1 Å². The SMILES string of the molecule is CCNC(=NCC1(CCOCC)CCCC1)NCC(O)c1ccc(F)cc1.I. The van der Waals surface area contributed by atoms with Crippen molar-refractivity contribution in [3.05, 3.63) is 35.6 Å². The molecule has 0 radical (unpaired) electrons. The van der Waals surface area contributed by atoms with Gasteiger partial charge in [-0.25, -0.2) is 4.39 Å². The summed E-state index contributed by atoms with van der Waals surface area (Å²) in [5.41, 5.74) is 0.913. The highest BCUT2D eigenvalue weighted by Crippen LogP contribution is 2.41. The number of rotatable bonds is 10. The molecule has 1 aliphatic rings. The number of aliphatic hydroxyl groups is 1. The van der Waals surface area contributed by atoms with E-state index in [9.17, 15) is 9.50 Å². The third-order valence-corrected chi connectivity index (χ3v) is 5.28. The highest BCUT2D eigenvalue weighted by molar-refractivity contribution is 14.0. The van der Waals surface area contributed by atoms with E-state index in [0.29, 0.717) is 18.1 Å². The van der Waals surface area contributed by atoms with Crippen LogP contribution in [0.25, 0.3) is 0 Å². The molecule has 0 spiro atoms. The normalized spacial score (nSPS) is 17.1. The minimum Gasteiger partial charge on any atom is -0.387 e. The lowest BCUT2D eigenvalue weighted by Crippen LogP contribution is -2.40. The lowest BCUT2D eigenvalue weighted by molar-refractivity contribution is 0.107. The number of halogens is 2. The number of ether oxygens (including phenoxy) is 1. The minimum absolute atomic E-state index is 0. The summed E-state index contributed by atoms with van der Waals surface area (Å²) in [5, 5.41) is 16.8. The van der Waals surface area contributed by atoms with Gasteiger partial charge in [0.15, 0.2) is 5.96 Å². The summed E-state index contributed by atoms with van der Waals surface area (Å²) in [6, 6.07) is 5.93. The monoisotopic (exact) mass is 507 g/mol. The number of nitrogens with one attached hydrogen (secondary N) is 2. The van der Waals surface area contributed by atoms with Gasteiger partial charge in [-0.1, -0.05) is 25.0 Å². The molecule has 1 atom stereocenters. The van der Waals surface area contributed by atoms with Crippen LogP contribution in [0.2, 0.25) is 0 Å². The first-order valence-corrected chi connectivity index (χ1v) is 10.1. The molecule has 7 heteroatoms. The molecular formula is C21H35FIN3O2. The average Bonchev–Trinajstić information content (AvgIpc) is 3.13. The molecule has 0 bridgehead atoms. The van der Waals surface area contributed by atoms with E-state index in [2.05, 4.69) is 10.6 Å². The fraction of sp³-hybridized carbons (Fsp3) is 0.667. The van der Waals surface area contributed by atoms with Crippen molar-refractivity contribution in [2.24, 2.45) is 10.4 Å². The molecule has 5 nitrogen and oxygen atoms in total. The van der Waals surface area contributed by atoms with Crippen molar-refractivity contribution in [2.75, 3.05) is 32.8 Å². The van der Waals surface area contributed by atoms with Crippen LogP contribution in [0.3, 0.4) is 0 Å². The van der Waals surface area contributed by atoms with Gasteiger partial charge >= 0.3 is 0 Å². The summed E-state index contributed by atoms with van der Waals surface area (Å²) < 4.78 is 18.6. The number of aliphatic hydroxyl groups excluding tert-OH is 1. The standard InChI is InChI=1S/C21H34FN3O2.HI/c1-3-23-20(24-15-19(26)17-7-9-18(22)10-8-17)25-16-21(11-5-6-12-21)13-14-27-4-2;/h7-10,19,26H,3-6,11-16H2,1-2H3,(H2,23,24,25);1H. The predicted octanol–water partition coefficient (Wildman–Crippen LogP) is 4.02. The van der Waals surface area contributed by atoms with E-state index in [-0.39, 0.29) is 35.2 Å². The molecule has 1 unspecified atom stereocenters. The molecule has 0 saturated heterocycles. The largest absolute Gasteiger partial charge is 0.387 e. The van der Waals surface area contributed by atoms with Crippen LogP contribution >= 0.6 is 24.0 Å². The van der Waals surface area contributed by atoms with E-state index in [0.717, 1.165) is 32.7 Å². The van der Waals surface area contributed by atoms with Crippen molar-refractivity contribution in [1.29, 1.82) is 0 Å². The number of hydrogen-bond acceptors (Lipinski definition) is 3. The van der Waals surface area contributed by atoms with Crippen molar-refractivity contribution < 1.29 is 14.2 Å². The summed E-state index contributed by atoms with van der Waals surface area (Å²) in [7, 11) is 0. The maximum absolute atomic E-state index is 13.0. The topological polar surface area (TPSA) is 65.9 Å². The summed E-state index contributed by atoms with van der Waals surface area (Å²) in [6.07, 6.45) is 5.24. The van der Waals surface area contributed by atoms with Crippen molar-refractivity contribution in [3.63, 3.8) is 0 Å². The molecule has 1 aromatic rings. The van der Waals surface area contributed by atoms with Crippen LogP contribution in [0.1, 0.15) is 57.6 Å². The first-order chi connectivity index (χ1) is 13.1. The van der Waals surface area contributed by atoms with E-state index < -0.39 is 6.10 Å². The zero-order valence-electron chi connectivity index (χ0n) is 17.0. The van der Waals surface area contributed by atoms with Gasteiger partial charge in [0.25, 0.3) is 0 Å². The molecule has 28 heavy (non-hydrogen) atoms. The highest BCUT2D eigenvalue weighted by atomic mass is 127. The number of aliphatic imine (C=N–C) groups is 1. The number of hydrogen-bond donors (Lipinski definition) is 3. The molecule has 0 heterocycles. The zero-order valence-corrected chi connectivity index (χ0v) is 19.4. The Morgan fingerprint density at radius 1 is 1.21 bits per heavy atom. The maximum Gasteiger partial charge on any atom is 0.191 e. The van der Waals surface area contributed by atoms with Crippen LogP contribution in [-0.2, 0) is 4.74 Å². The fourth-order valence-electron chi connectivity index (χ4n) is 3.63. The molecule has 0 amide bonds. The third kappa shape index (κ3) is 8.21. The summed E-state index contributed by atoms with van der Waals surface area (Å²) >= 11 is 0. The van der Waals surface area contributed by atoms with Gasteiger partial charge < -0.3 is 20.5 Å². The van der Waals surface area contributed by atoms with Crippen LogP contribution in [0, 0.1) is 11.2 Å². The lowest BCUT2D eigenvalue weighted by atomic mass is 9.83. The quantitative estimate of drug-likeness (QED) is 0.194. The molecule has 1 aromatic carbocycles. The molecule has 1 saturated carbocycles. The van der Waals surface area contributed by atoms with Crippen LogP contribution < -0.4 is 10.6 Å². The minimum atomic E-state index is -0.715. The second-order valence-electron chi connectivity index (χ2n) is 7.30. The Morgan fingerprint density at radius 3 is 2.50 bits per heavy atom. The molecule has 1 aliphatic carbocycles. The Hall–Kier alpha value is -0.930. The average molecular weight is 507 g/mol. The van der Waals surface area contributed by atoms with Crippen molar-refractivity contribution in [1.82, 2.24) is 10.6 Å². The molecule has 160 valence electrons. The Balaban J connectivity index is 0.00000392. The van der Waals surface area contributed by atoms with Gasteiger partial charge in [0.1, 0.15) is 5.82 Å². The van der Waals surface area contributed by atoms with Gasteiger partial charge in [0, 0.05) is 32.8 Å². The van der Waals surface area contributed by atoms with Gasteiger partial charge in [0.05, 0.1) is 6.10 Å². The van der Waals surface area contributed by atoms with Crippen LogP contribution in [0.5, 0.6) is 0 Å². The lowest BCUT2D eigenvalue weighted by Gasteiger charge is -2.27. The smallest absolute Gasteiger partial charge is 0.191 e. The first-order valence-electron chi connectivity index (χ1n) is 10.1. The molecule has 3 N–H and O–H groups in total. The third-order valence-electron chi connectivity index (χ3n) is 5.28. The van der Waals surface area contributed by atoms with Gasteiger partial charge in [-0.3, -0.25) is 4.99 Å². The van der Waals surface area contributed by atoms with Gasteiger partial charge in [-0.15, -0.1) is 24.0 Å². The summed E-state index contributed by atoms with van der Waals surface area (Å²) in [4.78, 5) is 4.79. The Kier molecular flexibility index (Phi) is 11.9. The van der Waals surface area contributed by atoms with Crippen LogP contribution in [0.4, 0.5) is 4.39 Å². The molecule has 2 rings (SSSR count). The van der Waals surface area contributed by atoms with Gasteiger partial charge in [-0.2, -0.15) is 0 Å². The van der Waals surface area contributed by atoms with Gasteiger partial charge in [-0.05, 0) is 56.2 Å². The van der Waals surface area contributed by atoms with E-state index in [1.807, 2.05) is 13.8 Å². The first kappa shape index (κ1) is 25.1. The van der Waals surface area contributed by atoms with E-state index in [1.54, 1.807) is 12.1 Å². The summed E-state index contributed by atoms with van der Waals surface area (Å²) in [6.45, 7) is 7.44. The van der Waals surface area contributed by atoms with E-state index in [1.165, 1.54) is 37.8 Å². The molecule has 1 fully saturated rings. The highest BCUT2D eigenvalue weighted by Gasteiger charge is 2.33. The van der Waals surface area contributed by atoms with E-state index in [4.69, 9.17) is 9.73 Å².